The maximum absolute atomic E-state index is 12.0. The van der Waals surface area contributed by atoms with E-state index in [1.165, 1.54) is 34.6 Å². The van der Waals surface area contributed by atoms with Crippen molar-refractivity contribution in [2.45, 2.75) is 38.7 Å². The summed E-state index contributed by atoms with van der Waals surface area (Å²) in [6, 6.07) is 1.95. The molecule has 3 N–H and O–H groups in total. The standard InChI is InChI=1S/C14H20N2O3S/c1-9(17)7-15-13(18)8-16-14(19)12-6-10-4-2-3-5-11(10)20-12/h6,9,17H,2-5,7-8H2,1H3,(H,15,18)(H,16,19). The molecule has 0 aliphatic heterocycles. The number of aliphatic hydroxyl groups excluding tert-OH is 1. The Morgan fingerprint density at radius 1 is 1.35 bits per heavy atom. The van der Waals surface area contributed by atoms with E-state index in [1.807, 2.05) is 6.07 Å². The van der Waals surface area contributed by atoms with E-state index in [0.717, 1.165) is 12.8 Å². The van der Waals surface area contributed by atoms with Gasteiger partial charge in [-0.15, -0.1) is 11.3 Å². The van der Waals surface area contributed by atoms with Gasteiger partial charge in [-0.2, -0.15) is 0 Å². The van der Waals surface area contributed by atoms with Crippen molar-refractivity contribution in [1.82, 2.24) is 10.6 Å². The Labute approximate surface area is 122 Å². The van der Waals surface area contributed by atoms with Crippen LogP contribution in [0.15, 0.2) is 6.07 Å². The van der Waals surface area contributed by atoms with Gasteiger partial charge in [0.1, 0.15) is 0 Å². The van der Waals surface area contributed by atoms with Gasteiger partial charge in [0.05, 0.1) is 17.5 Å². The monoisotopic (exact) mass is 296 g/mol. The first-order valence-corrected chi connectivity index (χ1v) is 7.72. The lowest BCUT2D eigenvalue weighted by atomic mass is 9.99. The molecule has 1 heterocycles. The maximum Gasteiger partial charge on any atom is 0.261 e. The van der Waals surface area contributed by atoms with Crippen LogP contribution in [0.3, 0.4) is 0 Å². The van der Waals surface area contributed by atoms with Crippen LogP contribution < -0.4 is 10.6 Å². The fraction of sp³-hybridized carbons (Fsp3) is 0.571. The van der Waals surface area contributed by atoms with Crippen molar-refractivity contribution in [3.05, 3.63) is 21.4 Å². The van der Waals surface area contributed by atoms with Gasteiger partial charge >= 0.3 is 0 Å². The number of hydrogen-bond acceptors (Lipinski definition) is 4. The molecule has 1 aliphatic rings. The Morgan fingerprint density at radius 2 is 2.10 bits per heavy atom. The third kappa shape index (κ3) is 4.05. The molecule has 6 heteroatoms. The lowest BCUT2D eigenvalue weighted by Gasteiger charge is -2.08. The Hall–Kier alpha value is -1.40. The second-order valence-electron chi connectivity index (χ2n) is 5.10. The zero-order valence-corrected chi connectivity index (χ0v) is 12.4. The Morgan fingerprint density at radius 3 is 2.80 bits per heavy atom. The fourth-order valence-corrected chi connectivity index (χ4v) is 3.34. The number of carbonyl (C=O) groups excluding carboxylic acids is 2. The summed E-state index contributed by atoms with van der Waals surface area (Å²) in [4.78, 5) is 25.4. The van der Waals surface area contributed by atoms with E-state index in [4.69, 9.17) is 5.11 Å². The van der Waals surface area contributed by atoms with Gasteiger partial charge in [-0.25, -0.2) is 0 Å². The average molecular weight is 296 g/mol. The fourth-order valence-electron chi connectivity index (χ4n) is 2.17. The molecule has 0 saturated heterocycles. The lowest BCUT2D eigenvalue weighted by Crippen LogP contribution is -2.39. The normalized spacial score (nSPS) is 15.3. The average Bonchev–Trinajstić information content (AvgIpc) is 2.86. The molecular formula is C14H20N2O3S. The number of fused-ring (bicyclic) bond motifs is 1. The van der Waals surface area contributed by atoms with Crippen molar-refractivity contribution in [3.63, 3.8) is 0 Å². The molecule has 1 aromatic heterocycles. The first-order chi connectivity index (χ1) is 9.56. The highest BCUT2D eigenvalue weighted by molar-refractivity contribution is 7.14. The highest BCUT2D eigenvalue weighted by Gasteiger charge is 2.17. The highest BCUT2D eigenvalue weighted by Crippen LogP contribution is 2.29. The van der Waals surface area contributed by atoms with Crippen LogP contribution >= 0.6 is 11.3 Å². The summed E-state index contributed by atoms with van der Waals surface area (Å²) >= 11 is 1.53. The molecule has 0 saturated carbocycles. The van der Waals surface area contributed by atoms with Gasteiger partial charge in [0.15, 0.2) is 0 Å². The molecule has 1 atom stereocenters. The predicted octanol–water partition coefficient (Wildman–Crippen LogP) is 0.854. The number of nitrogens with one attached hydrogen (secondary N) is 2. The van der Waals surface area contributed by atoms with E-state index in [9.17, 15) is 9.59 Å². The topological polar surface area (TPSA) is 78.4 Å². The summed E-state index contributed by atoms with van der Waals surface area (Å²) < 4.78 is 0. The number of rotatable bonds is 5. The third-order valence-corrected chi connectivity index (χ3v) is 4.46. The molecule has 1 unspecified atom stereocenters. The van der Waals surface area contributed by atoms with E-state index in [2.05, 4.69) is 10.6 Å². The second-order valence-corrected chi connectivity index (χ2v) is 6.24. The molecule has 0 spiro atoms. The van der Waals surface area contributed by atoms with Gasteiger partial charge < -0.3 is 15.7 Å². The van der Waals surface area contributed by atoms with E-state index >= 15 is 0 Å². The maximum atomic E-state index is 12.0. The third-order valence-electron chi connectivity index (χ3n) is 3.22. The molecule has 0 fully saturated rings. The number of carbonyl (C=O) groups is 2. The van der Waals surface area contributed by atoms with Crippen LogP contribution in [-0.2, 0) is 17.6 Å². The summed E-state index contributed by atoms with van der Waals surface area (Å²) in [6.07, 6.45) is 3.90. The molecule has 2 rings (SSSR count). The molecule has 20 heavy (non-hydrogen) atoms. The highest BCUT2D eigenvalue weighted by atomic mass is 32.1. The zero-order chi connectivity index (χ0) is 14.5. The number of aryl methyl sites for hydroxylation is 2. The number of amides is 2. The minimum atomic E-state index is -0.585. The predicted molar refractivity (Wildman–Crippen MR) is 78.0 cm³/mol. The first kappa shape index (κ1) is 15.0. The number of hydrogen-bond donors (Lipinski definition) is 3. The molecule has 0 radical (unpaired) electrons. The van der Waals surface area contributed by atoms with Crippen molar-refractivity contribution in [2.75, 3.05) is 13.1 Å². The molecule has 0 aromatic carbocycles. The molecule has 2 amide bonds. The van der Waals surface area contributed by atoms with Crippen LogP contribution in [0, 0.1) is 0 Å². The van der Waals surface area contributed by atoms with Crippen LogP contribution in [-0.4, -0.2) is 36.1 Å². The Balaban J connectivity index is 1.82. The Kier molecular flexibility index (Phi) is 5.14. The summed E-state index contributed by atoms with van der Waals surface area (Å²) in [5.74, 6) is -0.489. The van der Waals surface area contributed by atoms with Gasteiger partial charge in [0.2, 0.25) is 5.91 Å². The summed E-state index contributed by atoms with van der Waals surface area (Å²) in [5, 5.41) is 14.2. The molecular weight excluding hydrogens is 276 g/mol. The summed E-state index contributed by atoms with van der Waals surface area (Å²) in [7, 11) is 0. The van der Waals surface area contributed by atoms with Crippen molar-refractivity contribution in [3.8, 4) is 0 Å². The van der Waals surface area contributed by atoms with Crippen molar-refractivity contribution in [1.29, 1.82) is 0 Å². The zero-order valence-electron chi connectivity index (χ0n) is 11.6. The largest absolute Gasteiger partial charge is 0.392 e. The van der Waals surface area contributed by atoms with E-state index < -0.39 is 6.10 Å². The van der Waals surface area contributed by atoms with Gasteiger partial charge in [-0.05, 0) is 44.2 Å². The molecule has 1 aliphatic carbocycles. The summed E-state index contributed by atoms with van der Waals surface area (Å²) in [5.41, 5.74) is 1.28. The Bertz CT molecular complexity index is 473. The minimum Gasteiger partial charge on any atom is -0.392 e. The molecule has 1 aromatic rings. The van der Waals surface area contributed by atoms with Crippen LogP contribution in [0.4, 0.5) is 0 Å². The van der Waals surface area contributed by atoms with Crippen molar-refractivity contribution >= 4 is 23.2 Å². The van der Waals surface area contributed by atoms with Crippen LogP contribution in [0.2, 0.25) is 0 Å². The van der Waals surface area contributed by atoms with Gasteiger partial charge in [0.25, 0.3) is 5.91 Å². The first-order valence-electron chi connectivity index (χ1n) is 6.91. The van der Waals surface area contributed by atoms with Crippen molar-refractivity contribution < 1.29 is 14.7 Å². The SMILES string of the molecule is CC(O)CNC(=O)CNC(=O)c1cc2c(s1)CCCC2. The van der Waals surface area contributed by atoms with Crippen LogP contribution in [0.1, 0.15) is 39.9 Å². The number of thiophene rings is 1. The van der Waals surface area contributed by atoms with Crippen molar-refractivity contribution in [2.24, 2.45) is 0 Å². The van der Waals surface area contributed by atoms with Crippen LogP contribution in [0.5, 0.6) is 0 Å². The lowest BCUT2D eigenvalue weighted by molar-refractivity contribution is -0.120. The van der Waals surface area contributed by atoms with Crippen LogP contribution in [0.25, 0.3) is 0 Å². The molecule has 110 valence electrons. The minimum absolute atomic E-state index is 0.0614. The smallest absolute Gasteiger partial charge is 0.261 e. The molecule has 5 nitrogen and oxygen atoms in total. The van der Waals surface area contributed by atoms with E-state index in [-0.39, 0.29) is 24.9 Å². The number of aliphatic hydroxyl groups is 1. The van der Waals surface area contributed by atoms with Gasteiger partial charge in [-0.3, -0.25) is 9.59 Å². The second kappa shape index (κ2) is 6.85. The molecule has 0 bridgehead atoms. The van der Waals surface area contributed by atoms with Gasteiger partial charge in [-0.1, -0.05) is 0 Å². The van der Waals surface area contributed by atoms with E-state index in [0.29, 0.717) is 4.88 Å². The van der Waals surface area contributed by atoms with Gasteiger partial charge in [0, 0.05) is 11.4 Å². The quantitative estimate of drug-likeness (QED) is 0.754. The summed E-state index contributed by atoms with van der Waals surface area (Å²) in [6.45, 7) is 1.73. The van der Waals surface area contributed by atoms with E-state index in [1.54, 1.807) is 6.92 Å².